The summed E-state index contributed by atoms with van der Waals surface area (Å²) in [5, 5.41) is 8.44. The highest BCUT2D eigenvalue weighted by Crippen LogP contribution is 2.23. The Hall–Kier alpha value is -3.58. The van der Waals surface area contributed by atoms with E-state index in [9.17, 15) is 4.79 Å². The van der Waals surface area contributed by atoms with Crippen molar-refractivity contribution in [2.75, 3.05) is 7.11 Å². The first-order valence-corrected chi connectivity index (χ1v) is 10.6. The van der Waals surface area contributed by atoms with E-state index in [1.165, 1.54) is 24.4 Å². The second kappa shape index (κ2) is 11.6. The number of hydrogen-bond donors (Lipinski definition) is 1. The lowest BCUT2D eigenvalue weighted by Crippen LogP contribution is -2.20. The monoisotopic (exact) mass is 433 g/mol. The molecule has 0 saturated heterocycles. The fraction of sp³-hybridized carbons (Fsp3) is 0.125. The molecule has 0 aliphatic rings. The van der Waals surface area contributed by atoms with Crippen molar-refractivity contribution in [3.63, 3.8) is 0 Å². The molecule has 6 nitrogen and oxygen atoms in total. The molecule has 0 bridgehead atoms. The van der Waals surface area contributed by atoms with Crippen LogP contribution in [-0.4, -0.2) is 24.5 Å². The maximum atomic E-state index is 12.1. The van der Waals surface area contributed by atoms with E-state index in [2.05, 4.69) is 10.2 Å². The van der Waals surface area contributed by atoms with Crippen molar-refractivity contribution in [2.45, 2.75) is 11.9 Å². The molecule has 3 aromatic carbocycles. The summed E-state index contributed by atoms with van der Waals surface area (Å²) in [5.41, 5.74) is 8.61. The number of carbonyl (C=O) groups excluding carboxylic acids is 1. The number of benzene rings is 3. The Bertz CT molecular complexity index is 1020. The van der Waals surface area contributed by atoms with Gasteiger partial charge in [0, 0.05) is 11.3 Å². The highest BCUT2D eigenvalue weighted by molar-refractivity contribution is 8.13. The van der Waals surface area contributed by atoms with Gasteiger partial charge in [0.25, 0.3) is 0 Å². The average molecular weight is 434 g/mol. The Labute approximate surface area is 185 Å². The summed E-state index contributed by atoms with van der Waals surface area (Å²) in [6, 6.07) is 26.4. The van der Waals surface area contributed by atoms with Crippen LogP contribution in [0.15, 0.2) is 95.1 Å². The molecule has 0 aliphatic carbocycles. The maximum absolute atomic E-state index is 12.1. The third kappa shape index (κ3) is 7.01. The number of carbonyl (C=O) groups is 1. The molecule has 158 valence electrons. The molecule has 2 N–H and O–H groups in total. The summed E-state index contributed by atoms with van der Waals surface area (Å²) in [4.78, 5) is 12.1. The van der Waals surface area contributed by atoms with Gasteiger partial charge in [-0.3, -0.25) is 0 Å². The Balaban J connectivity index is 1.58. The molecule has 0 aromatic heterocycles. The normalized spacial score (nSPS) is 12.5. The number of rotatable bonds is 8. The molecule has 1 unspecified atom stereocenters. The van der Waals surface area contributed by atoms with Gasteiger partial charge in [-0.1, -0.05) is 72.4 Å². The smallest absolute Gasteiger partial charge is 0.351 e. The second-order valence-corrected chi connectivity index (χ2v) is 7.45. The van der Waals surface area contributed by atoms with Crippen LogP contribution in [0.5, 0.6) is 5.75 Å². The van der Waals surface area contributed by atoms with Crippen molar-refractivity contribution in [3.8, 4) is 5.75 Å². The Morgan fingerprint density at radius 3 is 2.29 bits per heavy atom. The van der Waals surface area contributed by atoms with Crippen LogP contribution < -0.4 is 10.5 Å². The van der Waals surface area contributed by atoms with Crippen molar-refractivity contribution >= 4 is 29.1 Å². The van der Waals surface area contributed by atoms with E-state index in [-0.39, 0.29) is 0 Å². The molecule has 3 rings (SSSR count). The van der Waals surface area contributed by atoms with E-state index in [0.717, 1.165) is 16.9 Å². The third-order valence-electron chi connectivity index (χ3n) is 4.24. The minimum absolute atomic E-state index is 0.392. The number of nitrogens with zero attached hydrogens (tertiary/aromatic N) is 2. The first-order valence-electron chi connectivity index (χ1n) is 9.58. The van der Waals surface area contributed by atoms with Crippen LogP contribution in [0.1, 0.15) is 22.8 Å². The van der Waals surface area contributed by atoms with E-state index < -0.39 is 12.1 Å². The lowest BCUT2D eigenvalue weighted by Gasteiger charge is -2.17. The fourth-order valence-corrected chi connectivity index (χ4v) is 3.28. The first-order chi connectivity index (χ1) is 15.2. The van der Waals surface area contributed by atoms with Gasteiger partial charge in [0.1, 0.15) is 5.75 Å². The molecule has 0 heterocycles. The minimum atomic E-state index is -0.836. The van der Waals surface area contributed by atoms with Crippen LogP contribution in [0.3, 0.4) is 0 Å². The summed E-state index contributed by atoms with van der Waals surface area (Å²) in [5.74, 6) is 0.813. The van der Waals surface area contributed by atoms with Gasteiger partial charge < -0.3 is 15.2 Å². The zero-order chi connectivity index (χ0) is 21.9. The summed E-state index contributed by atoms with van der Waals surface area (Å²) >= 11 is 1.43. The topological polar surface area (TPSA) is 86.3 Å². The van der Waals surface area contributed by atoms with Crippen molar-refractivity contribution in [3.05, 3.63) is 102 Å². The van der Waals surface area contributed by atoms with Crippen LogP contribution in [-0.2, 0) is 15.3 Å². The van der Waals surface area contributed by atoms with Crippen LogP contribution in [0, 0.1) is 0 Å². The number of hydrogen-bond acceptors (Lipinski definition) is 6. The van der Waals surface area contributed by atoms with E-state index in [4.69, 9.17) is 15.2 Å². The highest BCUT2D eigenvalue weighted by atomic mass is 32.2. The second-order valence-electron chi connectivity index (χ2n) is 6.46. The first kappa shape index (κ1) is 22.1. The number of ether oxygens (including phenoxy) is 2. The summed E-state index contributed by atoms with van der Waals surface area (Å²) < 4.78 is 10.7. The lowest BCUT2D eigenvalue weighted by atomic mass is 10.1. The standard InChI is InChI=1S/C24H23N3O3S/c1-29-23(28)22(20-10-6-3-7-11-20)30-21-14-12-18(13-15-21)16-26-27-24(25)31-17-19-8-4-2-5-9-19/h2-16,22H,17H2,1H3,(H2,25,27). The van der Waals surface area contributed by atoms with Crippen LogP contribution in [0.25, 0.3) is 0 Å². The maximum Gasteiger partial charge on any atom is 0.351 e. The molecule has 0 saturated carbocycles. The van der Waals surface area contributed by atoms with Gasteiger partial charge in [0.15, 0.2) is 5.17 Å². The zero-order valence-corrected chi connectivity index (χ0v) is 17.9. The molecule has 0 fully saturated rings. The zero-order valence-electron chi connectivity index (χ0n) is 17.0. The number of methoxy groups -OCH3 is 1. The van der Waals surface area contributed by atoms with Crippen molar-refractivity contribution in [1.29, 1.82) is 0 Å². The number of esters is 1. The Morgan fingerprint density at radius 1 is 1.00 bits per heavy atom. The van der Waals surface area contributed by atoms with Gasteiger partial charge in [-0.05, 0) is 35.4 Å². The minimum Gasteiger partial charge on any atom is -0.474 e. The van der Waals surface area contributed by atoms with E-state index >= 15 is 0 Å². The van der Waals surface area contributed by atoms with Crippen LogP contribution in [0.4, 0.5) is 0 Å². The van der Waals surface area contributed by atoms with Crippen molar-refractivity contribution < 1.29 is 14.3 Å². The lowest BCUT2D eigenvalue weighted by molar-refractivity contribution is -0.149. The number of nitrogens with two attached hydrogens (primary N) is 1. The van der Waals surface area contributed by atoms with Gasteiger partial charge in [-0.15, -0.1) is 5.10 Å². The van der Waals surface area contributed by atoms with E-state index in [0.29, 0.717) is 10.9 Å². The predicted molar refractivity (Wildman–Crippen MR) is 125 cm³/mol. The van der Waals surface area contributed by atoms with Gasteiger partial charge in [-0.25, -0.2) is 4.79 Å². The van der Waals surface area contributed by atoms with Gasteiger partial charge in [0.05, 0.1) is 13.3 Å². The highest BCUT2D eigenvalue weighted by Gasteiger charge is 2.23. The quantitative estimate of drug-likeness (QED) is 0.244. The number of amidine groups is 1. The summed E-state index contributed by atoms with van der Waals surface area (Å²) in [6.45, 7) is 0. The molecule has 7 heteroatoms. The molecule has 3 aromatic rings. The fourth-order valence-electron chi connectivity index (χ4n) is 2.67. The third-order valence-corrected chi connectivity index (χ3v) is 5.10. The molecular formula is C24H23N3O3S. The SMILES string of the molecule is COC(=O)C(Oc1ccc(C=NN=C(N)SCc2ccccc2)cc1)c1ccccc1. The van der Waals surface area contributed by atoms with Gasteiger partial charge >= 0.3 is 5.97 Å². The average Bonchev–Trinajstić information content (AvgIpc) is 2.83. The molecule has 0 amide bonds. The Morgan fingerprint density at radius 2 is 1.65 bits per heavy atom. The predicted octanol–water partition coefficient (Wildman–Crippen LogP) is 4.56. The van der Waals surface area contributed by atoms with Crippen LogP contribution >= 0.6 is 11.8 Å². The van der Waals surface area contributed by atoms with Gasteiger partial charge in [0.2, 0.25) is 6.10 Å². The van der Waals surface area contributed by atoms with Crippen LogP contribution in [0.2, 0.25) is 0 Å². The molecule has 0 spiro atoms. The van der Waals surface area contributed by atoms with Crippen molar-refractivity contribution in [1.82, 2.24) is 0 Å². The molecule has 31 heavy (non-hydrogen) atoms. The summed E-state index contributed by atoms with van der Waals surface area (Å²) in [7, 11) is 1.34. The molecule has 0 aliphatic heterocycles. The van der Waals surface area contributed by atoms with E-state index in [1.807, 2.05) is 72.8 Å². The molecular weight excluding hydrogens is 410 g/mol. The number of thioether (sulfide) groups is 1. The Kier molecular flexibility index (Phi) is 8.25. The van der Waals surface area contributed by atoms with Crippen molar-refractivity contribution in [2.24, 2.45) is 15.9 Å². The van der Waals surface area contributed by atoms with E-state index in [1.54, 1.807) is 18.3 Å². The summed E-state index contributed by atoms with van der Waals surface area (Å²) in [6.07, 6.45) is 0.770. The van der Waals surface area contributed by atoms with Gasteiger partial charge in [-0.2, -0.15) is 5.10 Å². The largest absolute Gasteiger partial charge is 0.474 e. The molecule has 0 radical (unpaired) electrons. The molecule has 1 atom stereocenters.